The fourth-order valence-electron chi connectivity index (χ4n) is 4.85. The maximum atomic E-state index is 13.9. The highest BCUT2D eigenvalue weighted by atomic mass is 35.5. The number of anilines is 1. The highest BCUT2D eigenvalue weighted by Crippen LogP contribution is 2.30. The van der Waals surface area contributed by atoms with Crippen LogP contribution in [0.2, 0.25) is 10.0 Å². The summed E-state index contributed by atoms with van der Waals surface area (Å²) in [6.45, 7) is 1.09. The first-order chi connectivity index (χ1) is 18.1. The lowest BCUT2D eigenvalue weighted by molar-refractivity contribution is -0.139. The molecule has 3 aromatic rings. The molecular formula is C28H31Cl2N3O4S. The molecule has 3 aromatic carbocycles. The smallest absolute Gasteiger partial charge is 0.244 e. The molecule has 0 aliphatic heterocycles. The van der Waals surface area contributed by atoms with E-state index in [-0.39, 0.29) is 18.5 Å². The third-order valence-electron chi connectivity index (χ3n) is 6.97. The number of benzene rings is 3. The summed E-state index contributed by atoms with van der Waals surface area (Å²) in [6, 6.07) is 16.9. The standard InChI is InChI=1S/C28H31Cl2N3O4S/c1-19(28(35)31-21-11-4-5-12-21)32(17-23-24(29)14-8-15-25(23)30)27(34)18-33(38(2,36)37)26-16-7-10-20-9-3-6-13-22(20)26/h3,6-10,13-16,19,21H,4-5,11-12,17-18H2,1-2H3,(H,31,35)/t19-/m0/s1. The summed E-state index contributed by atoms with van der Waals surface area (Å²) in [6.07, 6.45) is 4.95. The van der Waals surface area contributed by atoms with E-state index in [1.807, 2.05) is 30.3 Å². The molecule has 0 aromatic heterocycles. The first kappa shape index (κ1) is 28.2. The van der Waals surface area contributed by atoms with Gasteiger partial charge in [-0.2, -0.15) is 0 Å². The Morgan fingerprint density at radius 2 is 1.58 bits per heavy atom. The number of hydrogen-bond donors (Lipinski definition) is 1. The number of carbonyl (C=O) groups is 2. The van der Waals surface area contributed by atoms with Crippen LogP contribution in [0.4, 0.5) is 5.69 Å². The van der Waals surface area contributed by atoms with E-state index in [1.165, 1.54) is 4.90 Å². The van der Waals surface area contributed by atoms with Gasteiger partial charge in [0.2, 0.25) is 21.8 Å². The molecule has 10 heteroatoms. The predicted octanol–water partition coefficient (Wildman–Crippen LogP) is 5.39. The van der Waals surface area contributed by atoms with E-state index in [0.29, 0.717) is 26.7 Å². The van der Waals surface area contributed by atoms with Crippen LogP contribution in [0.3, 0.4) is 0 Å². The Kier molecular flexibility index (Phi) is 8.85. The zero-order chi connectivity index (χ0) is 27.4. The van der Waals surface area contributed by atoms with Crippen LogP contribution < -0.4 is 9.62 Å². The van der Waals surface area contributed by atoms with Gasteiger partial charge in [0, 0.05) is 33.6 Å². The number of nitrogens with one attached hydrogen (secondary N) is 1. The van der Waals surface area contributed by atoms with Crippen molar-refractivity contribution in [3.05, 3.63) is 76.3 Å². The van der Waals surface area contributed by atoms with Crippen molar-refractivity contribution in [2.24, 2.45) is 0 Å². The number of fused-ring (bicyclic) bond motifs is 1. The molecule has 1 fully saturated rings. The number of sulfonamides is 1. The van der Waals surface area contributed by atoms with Crippen molar-refractivity contribution in [1.82, 2.24) is 10.2 Å². The SMILES string of the molecule is C[C@@H](C(=O)NC1CCCC1)N(Cc1c(Cl)cccc1Cl)C(=O)CN(c1cccc2ccccc12)S(C)(=O)=O. The maximum Gasteiger partial charge on any atom is 0.244 e. The Balaban J connectivity index is 1.69. The van der Waals surface area contributed by atoms with Crippen LogP contribution in [0.25, 0.3) is 10.8 Å². The minimum Gasteiger partial charge on any atom is -0.352 e. The van der Waals surface area contributed by atoms with Crippen molar-refractivity contribution >= 4 is 61.5 Å². The number of nitrogens with zero attached hydrogens (tertiary/aromatic N) is 2. The minimum absolute atomic E-state index is 0.0519. The van der Waals surface area contributed by atoms with E-state index < -0.39 is 28.5 Å². The van der Waals surface area contributed by atoms with Gasteiger partial charge in [-0.05, 0) is 43.4 Å². The molecule has 7 nitrogen and oxygen atoms in total. The van der Waals surface area contributed by atoms with Crippen molar-refractivity contribution in [3.63, 3.8) is 0 Å². The fourth-order valence-corrected chi connectivity index (χ4v) is 6.23. The summed E-state index contributed by atoms with van der Waals surface area (Å²) in [7, 11) is -3.86. The van der Waals surface area contributed by atoms with E-state index >= 15 is 0 Å². The molecule has 0 saturated heterocycles. The third kappa shape index (κ3) is 6.42. The first-order valence-corrected chi connectivity index (χ1v) is 15.1. The Morgan fingerprint density at radius 3 is 2.24 bits per heavy atom. The van der Waals surface area contributed by atoms with Gasteiger partial charge in [-0.15, -0.1) is 0 Å². The zero-order valence-electron chi connectivity index (χ0n) is 21.4. The average Bonchev–Trinajstić information content (AvgIpc) is 3.39. The summed E-state index contributed by atoms with van der Waals surface area (Å²) in [5.74, 6) is -0.849. The number of rotatable bonds is 9. The summed E-state index contributed by atoms with van der Waals surface area (Å²) in [5.41, 5.74) is 0.874. The second-order valence-corrected chi connectivity index (χ2v) is 12.4. The lowest BCUT2D eigenvalue weighted by atomic mass is 10.1. The van der Waals surface area contributed by atoms with Gasteiger partial charge < -0.3 is 10.2 Å². The molecular weight excluding hydrogens is 545 g/mol. The summed E-state index contributed by atoms with van der Waals surface area (Å²) in [5, 5.41) is 5.28. The van der Waals surface area contributed by atoms with Crippen LogP contribution in [0.15, 0.2) is 60.7 Å². The van der Waals surface area contributed by atoms with Gasteiger partial charge in [-0.1, -0.05) is 78.5 Å². The number of carbonyl (C=O) groups excluding carboxylic acids is 2. The van der Waals surface area contributed by atoms with Crippen LogP contribution in [0, 0.1) is 0 Å². The quantitative estimate of drug-likeness (QED) is 0.370. The Morgan fingerprint density at radius 1 is 0.974 bits per heavy atom. The minimum atomic E-state index is -3.86. The topological polar surface area (TPSA) is 86.8 Å². The second-order valence-electron chi connectivity index (χ2n) is 9.66. The molecule has 4 rings (SSSR count). The van der Waals surface area contributed by atoms with Crippen molar-refractivity contribution < 1.29 is 18.0 Å². The Labute approximate surface area is 233 Å². The molecule has 1 aliphatic rings. The highest BCUT2D eigenvalue weighted by molar-refractivity contribution is 7.92. The van der Waals surface area contributed by atoms with Crippen LogP contribution in [-0.2, 0) is 26.2 Å². The molecule has 0 heterocycles. The van der Waals surface area contributed by atoms with Crippen molar-refractivity contribution in [3.8, 4) is 0 Å². The Hall–Kier alpha value is -2.81. The van der Waals surface area contributed by atoms with Crippen LogP contribution in [-0.4, -0.2) is 50.0 Å². The van der Waals surface area contributed by atoms with E-state index in [4.69, 9.17) is 23.2 Å². The molecule has 0 unspecified atom stereocenters. The average molecular weight is 577 g/mol. The van der Waals surface area contributed by atoms with E-state index in [0.717, 1.165) is 41.6 Å². The van der Waals surface area contributed by atoms with Gasteiger partial charge in [0.05, 0.1) is 11.9 Å². The summed E-state index contributed by atoms with van der Waals surface area (Å²) < 4.78 is 27.0. The number of hydrogen-bond acceptors (Lipinski definition) is 4. The van der Waals surface area contributed by atoms with Gasteiger partial charge in [-0.3, -0.25) is 13.9 Å². The van der Waals surface area contributed by atoms with Gasteiger partial charge in [0.25, 0.3) is 0 Å². The molecule has 202 valence electrons. The molecule has 1 N–H and O–H groups in total. The molecule has 2 amide bonds. The molecule has 0 spiro atoms. The number of amides is 2. The molecule has 1 saturated carbocycles. The summed E-state index contributed by atoms with van der Waals surface area (Å²) >= 11 is 12.8. The highest BCUT2D eigenvalue weighted by Gasteiger charge is 2.32. The maximum absolute atomic E-state index is 13.9. The molecule has 1 atom stereocenters. The normalized spacial score (nSPS) is 14.8. The largest absolute Gasteiger partial charge is 0.352 e. The van der Waals surface area contributed by atoms with Crippen molar-refractivity contribution in [2.75, 3.05) is 17.1 Å². The van der Waals surface area contributed by atoms with Gasteiger partial charge >= 0.3 is 0 Å². The molecule has 0 bridgehead atoms. The monoisotopic (exact) mass is 575 g/mol. The van der Waals surface area contributed by atoms with E-state index in [2.05, 4.69) is 5.32 Å². The zero-order valence-corrected chi connectivity index (χ0v) is 23.7. The van der Waals surface area contributed by atoms with Gasteiger partial charge in [0.1, 0.15) is 12.6 Å². The van der Waals surface area contributed by atoms with Crippen molar-refractivity contribution in [2.45, 2.75) is 51.2 Å². The second kappa shape index (κ2) is 11.9. The molecule has 0 radical (unpaired) electrons. The Bertz CT molecular complexity index is 1420. The fraction of sp³-hybridized carbons (Fsp3) is 0.357. The molecule has 1 aliphatic carbocycles. The van der Waals surface area contributed by atoms with Gasteiger partial charge in [0.15, 0.2) is 0 Å². The van der Waals surface area contributed by atoms with Crippen molar-refractivity contribution in [1.29, 1.82) is 0 Å². The third-order valence-corrected chi connectivity index (χ3v) is 8.81. The predicted molar refractivity (Wildman–Crippen MR) is 153 cm³/mol. The van der Waals surface area contributed by atoms with E-state index in [9.17, 15) is 18.0 Å². The lowest BCUT2D eigenvalue weighted by Crippen LogP contribution is -2.52. The van der Waals surface area contributed by atoms with Crippen LogP contribution in [0.5, 0.6) is 0 Å². The van der Waals surface area contributed by atoms with E-state index in [1.54, 1.807) is 37.3 Å². The van der Waals surface area contributed by atoms with Crippen LogP contribution >= 0.6 is 23.2 Å². The van der Waals surface area contributed by atoms with Crippen LogP contribution in [0.1, 0.15) is 38.2 Å². The molecule has 38 heavy (non-hydrogen) atoms. The summed E-state index contributed by atoms with van der Waals surface area (Å²) in [4.78, 5) is 28.5. The number of halogens is 2. The first-order valence-electron chi connectivity index (χ1n) is 12.5. The van der Waals surface area contributed by atoms with Gasteiger partial charge in [-0.25, -0.2) is 8.42 Å². The lowest BCUT2D eigenvalue weighted by Gasteiger charge is -2.32.